The van der Waals surface area contributed by atoms with E-state index in [-0.39, 0.29) is 13.9 Å². The van der Waals surface area contributed by atoms with Crippen LogP contribution in [-0.2, 0) is 31.5 Å². The Bertz CT molecular complexity index is 1280. The van der Waals surface area contributed by atoms with Gasteiger partial charge in [0.2, 0.25) is 15.9 Å². The number of anilines is 1. The molecule has 1 saturated heterocycles. The highest BCUT2D eigenvalue weighted by Crippen LogP contribution is 2.37. The van der Waals surface area contributed by atoms with Crippen LogP contribution in [0.5, 0.6) is 5.75 Å². The molecule has 0 spiro atoms. The summed E-state index contributed by atoms with van der Waals surface area (Å²) in [6.07, 6.45) is 2.28. The first kappa shape index (κ1) is 24.8. The van der Waals surface area contributed by atoms with Crippen LogP contribution >= 0.6 is 0 Å². The molecule has 2 N–H and O–H groups in total. The molecule has 0 aliphatic carbocycles. The molecule has 1 aliphatic rings. The minimum atomic E-state index is -3.26. The smallest absolute Gasteiger partial charge is 0.236 e. The van der Waals surface area contributed by atoms with E-state index in [2.05, 4.69) is 15.0 Å². The third kappa shape index (κ3) is 6.05. The first-order valence-electron chi connectivity index (χ1n) is 11.3. The molecule has 1 amide bonds. The molecule has 2 aromatic carbocycles. The van der Waals surface area contributed by atoms with Gasteiger partial charge in [0.1, 0.15) is 11.6 Å². The van der Waals surface area contributed by atoms with Crippen molar-refractivity contribution in [2.45, 2.75) is 24.8 Å². The van der Waals surface area contributed by atoms with Crippen LogP contribution in [0.15, 0.2) is 66.7 Å². The van der Waals surface area contributed by atoms with Crippen molar-refractivity contribution in [1.29, 1.82) is 0 Å². The summed E-state index contributed by atoms with van der Waals surface area (Å²) in [5.74, 6) is 1.09. The highest BCUT2D eigenvalue weighted by atomic mass is 32.2. The van der Waals surface area contributed by atoms with Crippen molar-refractivity contribution in [2.24, 2.45) is 0 Å². The van der Waals surface area contributed by atoms with E-state index in [1.807, 2.05) is 60.7 Å². The number of nitrogens with one attached hydrogen (secondary N) is 2. The minimum absolute atomic E-state index is 0. The van der Waals surface area contributed by atoms with E-state index in [1.54, 1.807) is 13.2 Å². The van der Waals surface area contributed by atoms with Crippen LogP contribution in [-0.4, -0.2) is 45.9 Å². The normalized spacial score (nSPS) is 15.4. The summed E-state index contributed by atoms with van der Waals surface area (Å²) in [6.45, 7) is 1.24. The zero-order chi connectivity index (χ0) is 24.9. The van der Waals surface area contributed by atoms with Crippen LogP contribution in [0.2, 0.25) is 0 Å². The number of carbonyl (C=O) groups is 1. The number of benzene rings is 2. The van der Waals surface area contributed by atoms with E-state index in [1.165, 1.54) is 0 Å². The van der Waals surface area contributed by atoms with Gasteiger partial charge in [0, 0.05) is 26.7 Å². The van der Waals surface area contributed by atoms with Crippen LogP contribution in [0.1, 0.15) is 25.4 Å². The van der Waals surface area contributed by atoms with E-state index < -0.39 is 15.4 Å². The van der Waals surface area contributed by atoms with Gasteiger partial charge in [-0.2, -0.15) is 0 Å². The number of hydrogen-bond donors (Lipinski definition) is 2. The summed E-state index contributed by atoms with van der Waals surface area (Å²) in [6, 6.07) is 20.6. The van der Waals surface area contributed by atoms with Gasteiger partial charge >= 0.3 is 0 Å². The predicted octanol–water partition coefficient (Wildman–Crippen LogP) is 3.74. The third-order valence-corrected chi connectivity index (χ3v) is 6.87. The number of pyridine rings is 1. The lowest BCUT2D eigenvalue weighted by atomic mass is 9.73. The molecular formula is C26H31N3O5S. The summed E-state index contributed by atoms with van der Waals surface area (Å²) in [5.41, 5.74) is 2.62. The number of carbonyl (C=O) groups excluding carboxylic acids is 1. The van der Waals surface area contributed by atoms with Crippen LogP contribution in [0.25, 0.3) is 11.3 Å². The van der Waals surface area contributed by atoms with Gasteiger partial charge in [0.15, 0.2) is 0 Å². The number of amides is 1. The van der Waals surface area contributed by atoms with Crippen LogP contribution < -0.4 is 14.8 Å². The predicted molar refractivity (Wildman–Crippen MR) is 137 cm³/mol. The van der Waals surface area contributed by atoms with Crippen molar-refractivity contribution in [3.8, 4) is 17.0 Å². The molecule has 8 nitrogen and oxygen atoms in total. The quantitative estimate of drug-likeness (QED) is 0.491. The van der Waals surface area contributed by atoms with E-state index in [9.17, 15) is 13.2 Å². The highest BCUT2D eigenvalue weighted by Gasteiger charge is 2.42. The number of ether oxygens (including phenoxy) is 2. The Morgan fingerprint density at radius 3 is 2.37 bits per heavy atom. The van der Waals surface area contributed by atoms with Crippen molar-refractivity contribution in [3.63, 3.8) is 0 Å². The minimum Gasteiger partial charge on any atom is -0.497 e. The standard InChI is InChI=1S/C26H29N3O5S.H2/c1-33-22-12-10-21(11-13-22)26(14-16-34-17-15-26)25(30)29-24-5-3-4-23(28-24)20-8-6-19(7-9-20)18-27-35(2,31)32;/h3-13,27H,14-18H2,1-2H3,(H,28,29,30);1H. The van der Waals surface area contributed by atoms with Gasteiger partial charge < -0.3 is 14.8 Å². The Morgan fingerprint density at radius 1 is 1.06 bits per heavy atom. The molecule has 35 heavy (non-hydrogen) atoms. The number of sulfonamides is 1. The third-order valence-electron chi connectivity index (χ3n) is 6.20. The Kier molecular flexibility index (Phi) is 7.49. The second-order valence-corrected chi connectivity index (χ2v) is 10.4. The number of methoxy groups -OCH3 is 1. The molecule has 0 unspecified atom stereocenters. The lowest BCUT2D eigenvalue weighted by Crippen LogP contribution is -2.45. The molecule has 1 aliphatic heterocycles. The summed E-state index contributed by atoms with van der Waals surface area (Å²) >= 11 is 0. The van der Waals surface area contributed by atoms with Gasteiger partial charge in [0.05, 0.1) is 24.5 Å². The Labute approximate surface area is 207 Å². The van der Waals surface area contributed by atoms with Gasteiger partial charge in [-0.05, 0) is 48.2 Å². The first-order valence-corrected chi connectivity index (χ1v) is 13.2. The van der Waals surface area contributed by atoms with Gasteiger partial charge in [0.25, 0.3) is 0 Å². The van der Waals surface area contributed by atoms with Crippen LogP contribution in [0.4, 0.5) is 5.82 Å². The van der Waals surface area contributed by atoms with Crippen molar-refractivity contribution in [3.05, 3.63) is 77.9 Å². The molecule has 1 aromatic heterocycles. The summed E-state index contributed by atoms with van der Waals surface area (Å²) in [7, 11) is -1.64. The lowest BCUT2D eigenvalue weighted by molar-refractivity contribution is -0.125. The summed E-state index contributed by atoms with van der Waals surface area (Å²) in [5, 5.41) is 3.02. The molecule has 3 aromatic rings. The highest BCUT2D eigenvalue weighted by molar-refractivity contribution is 7.88. The molecular weight excluding hydrogens is 466 g/mol. The van der Waals surface area contributed by atoms with Gasteiger partial charge in [-0.15, -0.1) is 0 Å². The largest absolute Gasteiger partial charge is 0.497 e. The molecule has 0 radical (unpaired) electrons. The summed E-state index contributed by atoms with van der Waals surface area (Å²) < 4.78 is 35.9. The maximum atomic E-state index is 13.6. The number of aromatic nitrogens is 1. The Hall–Kier alpha value is -3.27. The van der Waals surface area contributed by atoms with E-state index in [0.29, 0.717) is 37.6 Å². The number of rotatable bonds is 8. The summed E-state index contributed by atoms with van der Waals surface area (Å²) in [4.78, 5) is 18.2. The van der Waals surface area contributed by atoms with E-state index >= 15 is 0 Å². The van der Waals surface area contributed by atoms with Gasteiger partial charge in [-0.3, -0.25) is 4.79 Å². The van der Waals surface area contributed by atoms with Crippen molar-refractivity contribution >= 4 is 21.7 Å². The average molecular weight is 498 g/mol. The molecule has 1 fully saturated rings. The van der Waals surface area contributed by atoms with Crippen molar-refractivity contribution in [1.82, 2.24) is 9.71 Å². The van der Waals surface area contributed by atoms with Gasteiger partial charge in [-0.1, -0.05) is 42.5 Å². The zero-order valence-electron chi connectivity index (χ0n) is 19.8. The molecule has 0 bridgehead atoms. The SMILES string of the molecule is COc1ccc(C2(C(=O)Nc3cccc(-c4ccc(CNS(C)(=O)=O)cc4)n3)CCOCC2)cc1.[HH]. The number of hydrogen-bond acceptors (Lipinski definition) is 6. The average Bonchev–Trinajstić information content (AvgIpc) is 2.88. The van der Waals surface area contributed by atoms with Gasteiger partial charge in [-0.25, -0.2) is 18.1 Å². The molecule has 4 rings (SSSR count). The molecule has 0 saturated carbocycles. The fourth-order valence-corrected chi connectivity index (χ4v) is 4.61. The van der Waals surface area contributed by atoms with Crippen LogP contribution in [0.3, 0.4) is 0 Å². The Balaban J connectivity index is 0.00000361. The molecule has 9 heteroatoms. The first-order chi connectivity index (χ1) is 16.8. The second-order valence-electron chi connectivity index (χ2n) is 8.58. The molecule has 0 atom stereocenters. The maximum Gasteiger partial charge on any atom is 0.236 e. The zero-order valence-corrected chi connectivity index (χ0v) is 20.6. The Morgan fingerprint density at radius 2 is 1.74 bits per heavy atom. The van der Waals surface area contributed by atoms with E-state index in [0.717, 1.165) is 28.7 Å². The van der Waals surface area contributed by atoms with Crippen molar-refractivity contribution < 1.29 is 24.1 Å². The fraction of sp³-hybridized carbons (Fsp3) is 0.308. The van der Waals surface area contributed by atoms with E-state index in [4.69, 9.17) is 9.47 Å². The number of nitrogens with zero attached hydrogens (tertiary/aromatic N) is 1. The lowest BCUT2D eigenvalue weighted by Gasteiger charge is -2.36. The molecule has 2 heterocycles. The van der Waals surface area contributed by atoms with Crippen molar-refractivity contribution in [2.75, 3.05) is 31.9 Å². The maximum absolute atomic E-state index is 13.6. The van der Waals surface area contributed by atoms with Crippen LogP contribution in [0, 0.1) is 0 Å². The topological polar surface area (TPSA) is 107 Å². The monoisotopic (exact) mass is 497 g/mol. The molecule has 186 valence electrons. The second kappa shape index (κ2) is 10.6. The fourth-order valence-electron chi connectivity index (χ4n) is 4.19.